The van der Waals surface area contributed by atoms with Gasteiger partial charge in [-0.25, -0.2) is 4.68 Å². The van der Waals surface area contributed by atoms with Gasteiger partial charge in [0.2, 0.25) is 0 Å². The van der Waals surface area contributed by atoms with E-state index in [0.717, 1.165) is 35.2 Å². The molecule has 1 N–H and O–H groups in total. The van der Waals surface area contributed by atoms with Crippen LogP contribution in [0.1, 0.15) is 6.04 Å². The van der Waals surface area contributed by atoms with E-state index in [1.54, 1.807) is 0 Å². The summed E-state index contributed by atoms with van der Waals surface area (Å²) >= 11 is 0. The number of rotatable bonds is 2. The predicted octanol–water partition coefficient (Wildman–Crippen LogP) is 1.64. The molecule has 0 radical (unpaired) electrons. The molecule has 3 aromatic rings. The van der Waals surface area contributed by atoms with Gasteiger partial charge < -0.3 is 5.32 Å². The molecule has 1 saturated heterocycles. The van der Waals surface area contributed by atoms with Crippen molar-refractivity contribution in [3.05, 3.63) is 42.7 Å². The highest BCUT2D eigenvalue weighted by molar-refractivity contribution is 5.92. The quantitative estimate of drug-likeness (QED) is 0.752. The van der Waals surface area contributed by atoms with Crippen LogP contribution in [0.5, 0.6) is 0 Å². The molecule has 0 bridgehead atoms. The van der Waals surface area contributed by atoms with Crippen LogP contribution in [0.25, 0.3) is 22.2 Å². The molecule has 0 aliphatic carbocycles. The number of nitrogens with one attached hydrogen (secondary N) is 1. The van der Waals surface area contributed by atoms with Crippen molar-refractivity contribution in [2.75, 3.05) is 13.1 Å². The van der Waals surface area contributed by atoms with Crippen LogP contribution >= 0.6 is 0 Å². The summed E-state index contributed by atoms with van der Waals surface area (Å²) < 4.78 is 1.95. The van der Waals surface area contributed by atoms with Crippen molar-refractivity contribution in [2.24, 2.45) is 0 Å². The van der Waals surface area contributed by atoms with E-state index in [2.05, 4.69) is 26.7 Å². The number of aromatic nitrogens is 4. The first-order valence-corrected chi connectivity index (χ1v) is 6.38. The van der Waals surface area contributed by atoms with Gasteiger partial charge in [-0.15, -0.1) is 5.10 Å². The van der Waals surface area contributed by atoms with E-state index in [9.17, 15) is 0 Å². The highest BCUT2D eigenvalue weighted by atomic mass is 15.4. The number of nitrogens with zero attached hydrogens (tertiary/aromatic N) is 4. The van der Waals surface area contributed by atoms with Gasteiger partial charge in [0.25, 0.3) is 0 Å². The van der Waals surface area contributed by atoms with E-state index < -0.39 is 0 Å². The van der Waals surface area contributed by atoms with E-state index in [1.807, 2.05) is 41.3 Å². The van der Waals surface area contributed by atoms with E-state index in [-0.39, 0.29) is 0 Å². The minimum atomic E-state index is 0.439. The van der Waals surface area contributed by atoms with Crippen LogP contribution < -0.4 is 5.32 Å². The Hall–Kier alpha value is -2.27. The molecule has 0 atom stereocenters. The third kappa shape index (κ3) is 1.70. The van der Waals surface area contributed by atoms with Crippen molar-refractivity contribution in [2.45, 2.75) is 6.04 Å². The number of hydrogen-bond acceptors (Lipinski definition) is 4. The molecule has 1 aliphatic heterocycles. The summed E-state index contributed by atoms with van der Waals surface area (Å²) in [5.41, 5.74) is 2.98. The zero-order chi connectivity index (χ0) is 12.7. The Morgan fingerprint density at radius 3 is 2.89 bits per heavy atom. The van der Waals surface area contributed by atoms with Gasteiger partial charge in [-0.3, -0.25) is 4.98 Å². The minimum absolute atomic E-state index is 0.439. The Labute approximate surface area is 110 Å². The van der Waals surface area contributed by atoms with Crippen molar-refractivity contribution in [3.63, 3.8) is 0 Å². The van der Waals surface area contributed by atoms with Gasteiger partial charge in [-0.2, -0.15) is 0 Å². The highest BCUT2D eigenvalue weighted by Gasteiger charge is 2.20. The Kier molecular flexibility index (Phi) is 2.31. The molecule has 3 heterocycles. The predicted molar refractivity (Wildman–Crippen MR) is 72.7 cm³/mol. The lowest BCUT2D eigenvalue weighted by Gasteiger charge is -2.26. The number of para-hydroxylation sites is 1. The standard InChI is InChI=1S/C14H13N5/c1-2-4-13-11(3-1)12(5-6-16-13)14-9-19(18-17-14)10-7-15-8-10/h1-6,9-10,15H,7-8H2. The van der Waals surface area contributed by atoms with Crippen LogP contribution in [0.2, 0.25) is 0 Å². The maximum Gasteiger partial charge on any atom is 0.113 e. The molecule has 0 saturated carbocycles. The number of fused-ring (bicyclic) bond motifs is 1. The zero-order valence-electron chi connectivity index (χ0n) is 10.3. The Balaban J connectivity index is 1.83. The van der Waals surface area contributed by atoms with Gasteiger partial charge in [0.1, 0.15) is 5.69 Å². The molecule has 0 spiro atoms. The normalized spacial score (nSPS) is 15.6. The van der Waals surface area contributed by atoms with Crippen LogP contribution in [0.15, 0.2) is 42.7 Å². The lowest BCUT2D eigenvalue weighted by molar-refractivity contribution is 0.313. The second-order valence-corrected chi connectivity index (χ2v) is 4.77. The monoisotopic (exact) mass is 251 g/mol. The summed E-state index contributed by atoms with van der Waals surface area (Å²) in [6.45, 7) is 1.94. The fraction of sp³-hybridized carbons (Fsp3) is 0.214. The second-order valence-electron chi connectivity index (χ2n) is 4.77. The fourth-order valence-electron chi connectivity index (χ4n) is 2.36. The molecule has 1 aromatic carbocycles. The Bertz CT molecular complexity index is 724. The largest absolute Gasteiger partial charge is 0.312 e. The first kappa shape index (κ1) is 10.6. The lowest BCUT2D eigenvalue weighted by atomic mass is 10.1. The Morgan fingerprint density at radius 1 is 1.16 bits per heavy atom. The van der Waals surface area contributed by atoms with Crippen LogP contribution in [-0.2, 0) is 0 Å². The Morgan fingerprint density at radius 2 is 2.05 bits per heavy atom. The van der Waals surface area contributed by atoms with Gasteiger partial charge in [-0.05, 0) is 12.1 Å². The number of benzene rings is 1. The summed E-state index contributed by atoms with van der Waals surface area (Å²) in [5.74, 6) is 0. The summed E-state index contributed by atoms with van der Waals surface area (Å²) in [5, 5.41) is 12.9. The van der Waals surface area contributed by atoms with Gasteiger partial charge in [0, 0.05) is 30.2 Å². The maximum atomic E-state index is 4.37. The molecule has 0 unspecified atom stereocenters. The average Bonchev–Trinajstić information content (AvgIpc) is 2.85. The molecule has 94 valence electrons. The molecule has 1 aliphatic rings. The first-order chi connectivity index (χ1) is 9.42. The summed E-state index contributed by atoms with van der Waals surface area (Å²) in [6.07, 6.45) is 3.84. The smallest absolute Gasteiger partial charge is 0.113 e. The van der Waals surface area contributed by atoms with E-state index in [0.29, 0.717) is 6.04 Å². The van der Waals surface area contributed by atoms with Crippen molar-refractivity contribution in [1.82, 2.24) is 25.3 Å². The fourth-order valence-corrected chi connectivity index (χ4v) is 2.36. The van der Waals surface area contributed by atoms with Crippen molar-refractivity contribution in [1.29, 1.82) is 0 Å². The van der Waals surface area contributed by atoms with Crippen LogP contribution in [0, 0.1) is 0 Å². The van der Waals surface area contributed by atoms with E-state index in [1.165, 1.54) is 0 Å². The molecule has 1 fully saturated rings. The van der Waals surface area contributed by atoms with Gasteiger partial charge in [0.15, 0.2) is 0 Å². The molecule has 0 amide bonds. The van der Waals surface area contributed by atoms with Crippen molar-refractivity contribution in [3.8, 4) is 11.3 Å². The highest BCUT2D eigenvalue weighted by Crippen LogP contribution is 2.26. The number of pyridine rings is 1. The van der Waals surface area contributed by atoms with Crippen molar-refractivity contribution < 1.29 is 0 Å². The van der Waals surface area contributed by atoms with E-state index >= 15 is 0 Å². The second kappa shape index (κ2) is 4.13. The minimum Gasteiger partial charge on any atom is -0.312 e. The average molecular weight is 251 g/mol. The van der Waals surface area contributed by atoms with Gasteiger partial charge in [-0.1, -0.05) is 23.4 Å². The first-order valence-electron chi connectivity index (χ1n) is 6.38. The summed E-state index contributed by atoms with van der Waals surface area (Å²) in [7, 11) is 0. The van der Waals surface area contributed by atoms with Gasteiger partial charge in [0.05, 0.1) is 17.8 Å². The third-order valence-electron chi connectivity index (χ3n) is 3.57. The summed E-state index contributed by atoms with van der Waals surface area (Å²) in [6, 6.07) is 10.5. The van der Waals surface area contributed by atoms with Gasteiger partial charge >= 0.3 is 0 Å². The third-order valence-corrected chi connectivity index (χ3v) is 3.57. The van der Waals surface area contributed by atoms with Crippen molar-refractivity contribution >= 4 is 10.9 Å². The maximum absolute atomic E-state index is 4.37. The number of hydrogen-bond donors (Lipinski definition) is 1. The van der Waals surface area contributed by atoms with Crippen LogP contribution in [0.4, 0.5) is 0 Å². The molecule has 4 rings (SSSR count). The molecular weight excluding hydrogens is 238 g/mol. The molecule has 5 nitrogen and oxygen atoms in total. The SMILES string of the molecule is c1ccc2c(-c3cn(C4CNC4)nn3)ccnc2c1. The zero-order valence-corrected chi connectivity index (χ0v) is 10.3. The van der Waals surface area contributed by atoms with Crippen LogP contribution in [0.3, 0.4) is 0 Å². The molecule has 19 heavy (non-hydrogen) atoms. The molecular formula is C14H13N5. The lowest BCUT2D eigenvalue weighted by Crippen LogP contribution is -2.43. The topological polar surface area (TPSA) is 55.6 Å². The summed E-state index contributed by atoms with van der Waals surface area (Å²) in [4.78, 5) is 4.37. The van der Waals surface area contributed by atoms with E-state index in [4.69, 9.17) is 0 Å². The molecule has 5 heteroatoms. The molecule has 2 aromatic heterocycles. The van der Waals surface area contributed by atoms with Crippen LogP contribution in [-0.4, -0.2) is 33.1 Å².